The molecule has 102 valence electrons. The molecule has 1 aromatic carbocycles. The van der Waals surface area contributed by atoms with Crippen LogP contribution in [-0.2, 0) is 4.74 Å². The zero-order chi connectivity index (χ0) is 14.4. The fourth-order valence-electron chi connectivity index (χ4n) is 1.81. The summed E-state index contributed by atoms with van der Waals surface area (Å²) in [5.41, 5.74) is 3.94. The smallest absolute Gasteiger partial charge is 0.237 e. The minimum Gasteiger partial charge on any atom is -0.378 e. The largest absolute Gasteiger partial charge is 0.378 e. The van der Waals surface area contributed by atoms with E-state index in [0.29, 0.717) is 23.9 Å². The number of halogens is 1. The summed E-state index contributed by atoms with van der Waals surface area (Å²) in [5, 5.41) is 21.4. The van der Waals surface area contributed by atoms with Crippen LogP contribution in [0.1, 0.15) is 0 Å². The summed E-state index contributed by atoms with van der Waals surface area (Å²) in [5.74, 6) is 0. The summed E-state index contributed by atoms with van der Waals surface area (Å²) in [6, 6.07) is 8.86. The van der Waals surface area contributed by atoms with Gasteiger partial charge in [-0.2, -0.15) is 15.6 Å². The summed E-state index contributed by atoms with van der Waals surface area (Å²) in [6.45, 7) is 3.01. The number of morpholine rings is 1. The first-order chi connectivity index (χ1) is 9.74. The molecule has 0 amide bonds. The number of benzene rings is 1. The van der Waals surface area contributed by atoms with Crippen LogP contribution in [0.2, 0.25) is 5.02 Å². The van der Waals surface area contributed by atoms with Gasteiger partial charge in [0.05, 0.1) is 23.9 Å². The molecule has 2 rings (SSSR count). The molecular formula is C13H12ClN5O. The first kappa shape index (κ1) is 14.1. The van der Waals surface area contributed by atoms with Gasteiger partial charge < -0.3 is 9.64 Å². The number of hydrogen-bond donors (Lipinski definition) is 1. The van der Waals surface area contributed by atoms with Gasteiger partial charge in [0.15, 0.2) is 0 Å². The molecule has 1 aliphatic heterocycles. The zero-order valence-corrected chi connectivity index (χ0v) is 11.4. The van der Waals surface area contributed by atoms with Crippen LogP contribution < -0.4 is 10.3 Å². The predicted octanol–water partition coefficient (Wildman–Crippen LogP) is 1.99. The van der Waals surface area contributed by atoms with Gasteiger partial charge in [-0.1, -0.05) is 11.6 Å². The molecule has 6 nitrogen and oxygen atoms in total. The van der Waals surface area contributed by atoms with Gasteiger partial charge in [0.1, 0.15) is 12.1 Å². The average Bonchev–Trinajstić information content (AvgIpc) is 2.51. The molecule has 0 aromatic heterocycles. The van der Waals surface area contributed by atoms with Gasteiger partial charge in [0, 0.05) is 18.8 Å². The van der Waals surface area contributed by atoms with Gasteiger partial charge in [0.25, 0.3) is 0 Å². The van der Waals surface area contributed by atoms with Crippen molar-refractivity contribution in [3.63, 3.8) is 0 Å². The number of rotatable bonds is 3. The molecule has 0 radical (unpaired) electrons. The Morgan fingerprint density at radius 1 is 1.30 bits per heavy atom. The Kier molecular flexibility index (Phi) is 4.78. The highest BCUT2D eigenvalue weighted by Crippen LogP contribution is 2.28. The van der Waals surface area contributed by atoms with Crippen molar-refractivity contribution in [1.29, 1.82) is 10.5 Å². The summed E-state index contributed by atoms with van der Waals surface area (Å²) in [4.78, 5) is 2.17. The Labute approximate surface area is 121 Å². The summed E-state index contributed by atoms with van der Waals surface area (Å²) in [7, 11) is 0. The maximum absolute atomic E-state index is 8.63. The van der Waals surface area contributed by atoms with Crippen molar-refractivity contribution in [3.8, 4) is 12.1 Å². The van der Waals surface area contributed by atoms with Crippen LogP contribution in [0, 0.1) is 22.7 Å². The highest BCUT2D eigenvalue weighted by Gasteiger charge is 2.12. The van der Waals surface area contributed by atoms with Crippen LogP contribution in [0.15, 0.2) is 23.3 Å². The number of hydrazone groups is 1. The van der Waals surface area contributed by atoms with Crippen molar-refractivity contribution in [2.75, 3.05) is 36.6 Å². The van der Waals surface area contributed by atoms with Crippen LogP contribution in [0.5, 0.6) is 0 Å². The highest BCUT2D eigenvalue weighted by molar-refractivity contribution is 6.33. The van der Waals surface area contributed by atoms with Crippen molar-refractivity contribution in [2.24, 2.45) is 5.10 Å². The SMILES string of the molecule is N#CC(C#N)=NNc1cc(N2CCOCC2)ccc1Cl. The van der Waals surface area contributed by atoms with Gasteiger partial charge in [-0.3, -0.25) is 5.43 Å². The molecular weight excluding hydrogens is 278 g/mol. The van der Waals surface area contributed by atoms with E-state index in [-0.39, 0.29) is 5.71 Å². The third-order valence-corrected chi connectivity index (χ3v) is 3.16. The average molecular weight is 290 g/mol. The minimum absolute atomic E-state index is 0.252. The lowest BCUT2D eigenvalue weighted by molar-refractivity contribution is 0.122. The zero-order valence-electron chi connectivity index (χ0n) is 10.6. The predicted molar refractivity (Wildman–Crippen MR) is 76.8 cm³/mol. The Morgan fingerprint density at radius 3 is 2.65 bits per heavy atom. The lowest BCUT2D eigenvalue weighted by Gasteiger charge is -2.29. The monoisotopic (exact) mass is 289 g/mol. The molecule has 1 heterocycles. The Morgan fingerprint density at radius 2 is 2.00 bits per heavy atom. The lowest BCUT2D eigenvalue weighted by Crippen LogP contribution is -2.36. The van der Waals surface area contributed by atoms with Crippen LogP contribution in [0.25, 0.3) is 0 Å². The molecule has 7 heteroatoms. The van der Waals surface area contributed by atoms with Crippen LogP contribution in [0.3, 0.4) is 0 Å². The second kappa shape index (κ2) is 6.76. The molecule has 20 heavy (non-hydrogen) atoms. The second-order valence-corrected chi connectivity index (χ2v) is 4.47. The number of nitriles is 2. The quantitative estimate of drug-likeness (QED) is 0.679. The summed E-state index contributed by atoms with van der Waals surface area (Å²) < 4.78 is 5.31. The van der Waals surface area contributed by atoms with E-state index in [2.05, 4.69) is 15.4 Å². The van der Waals surface area contributed by atoms with Crippen molar-refractivity contribution < 1.29 is 4.74 Å². The second-order valence-electron chi connectivity index (χ2n) is 4.06. The summed E-state index contributed by atoms with van der Waals surface area (Å²) in [6.07, 6.45) is 0. The topological polar surface area (TPSA) is 84.4 Å². The molecule has 0 unspecified atom stereocenters. The molecule has 1 fully saturated rings. The number of nitrogens with zero attached hydrogens (tertiary/aromatic N) is 4. The fraction of sp³-hybridized carbons (Fsp3) is 0.308. The van der Waals surface area contributed by atoms with E-state index in [1.807, 2.05) is 12.1 Å². The van der Waals surface area contributed by atoms with Gasteiger partial charge in [-0.25, -0.2) is 0 Å². The maximum Gasteiger partial charge on any atom is 0.237 e. The van der Waals surface area contributed by atoms with Crippen molar-refractivity contribution >= 4 is 28.7 Å². The van der Waals surface area contributed by atoms with E-state index in [0.717, 1.165) is 18.8 Å². The molecule has 1 aliphatic rings. The molecule has 0 bridgehead atoms. The molecule has 1 N–H and O–H groups in total. The lowest BCUT2D eigenvalue weighted by atomic mass is 10.2. The van der Waals surface area contributed by atoms with Gasteiger partial charge in [0.2, 0.25) is 5.71 Å². The fourth-order valence-corrected chi connectivity index (χ4v) is 1.97. The summed E-state index contributed by atoms with van der Waals surface area (Å²) >= 11 is 6.06. The van der Waals surface area contributed by atoms with E-state index in [4.69, 9.17) is 26.9 Å². The molecule has 0 aliphatic carbocycles. The van der Waals surface area contributed by atoms with Gasteiger partial charge >= 0.3 is 0 Å². The molecule has 1 saturated heterocycles. The Hall–Kier alpha value is -2.28. The minimum atomic E-state index is -0.252. The highest BCUT2D eigenvalue weighted by atomic mass is 35.5. The third-order valence-electron chi connectivity index (χ3n) is 2.83. The van der Waals surface area contributed by atoms with Crippen LogP contribution in [0.4, 0.5) is 11.4 Å². The van der Waals surface area contributed by atoms with Gasteiger partial charge in [-0.15, -0.1) is 0 Å². The van der Waals surface area contributed by atoms with Crippen molar-refractivity contribution in [1.82, 2.24) is 0 Å². The van der Waals surface area contributed by atoms with E-state index in [1.54, 1.807) is 18.2 Å². The van der Waals surface area contributed by atoms with Crippen LogP contribution in [-0.4, -0.2) is 32.0 Å². The molecule has 0 spiro atoms. The number of ether oxygens (including phenoxy) is 1. The number of hydrogen-bond acceptors (Lipinski definition) is 6. The van der Waals surface area contributed by atoms with E-state index < -0.39 is 0 Å². The van der Waals surface area contributed by atoms with E-state index in [1.165, 1.54) is 0 Å². The Bertz CT molecular complexity index is 580. The third kappa shape index (κ3) is 3.39. The van der Waals surface area contributed by atoms with Crippen molar-refractivity contribution in [2.45, 2.75) is 0 Å². The van der Waals surface area contributed by atoms with Crippen LogP contribution >= 0.6 is 11.6 Å². The molecule has 0 saturated carbocycles. The first-order valence-electron chi connectivity index (χ1n) is 6.00. The first-order valence-corrected chi connectivity index (χ1v) is 6.38. The standard InChI is InChI=1S/C13H12ClN5O/c14-12-2-1-11(19-3-5-20-6-4-19)7-13(12)18-17-10(8-15)9-16/h1-2,7,18H,3-6H2. The van der Waals surface area contributed by atoms with E-state index >= 15 is 0 Å². The number of anilines is 2. The Balaban J connectivity index is 2.19. The maximum atomic E-state index is 8.63. The normalized spacial score (nSPS) is 14.1. The molecule has 1 aromatic rings. The van der Waals surface area contributed by atoms with Gasteiger partial charge in [-0.05, 0) is 18.2 Å². The molecule has 0 atom stereocenters. The van der Waals surface area contributed by atoms with Crippen molar-refractivity contribution in [3.05, 3.63) is 23.2 Å². The number of nitrogens with one attached hydrogen (secondary N) is 1. The van der Waals surface area contributed by atoms with E-state index in [9.17, 15) is 0 Å².